The molecular formula is C15H15BrN2. The molecule has 3 heteroatoms. The number of pyridine rings is 1. The molecular weight excluding hydrogens is 288 g/mol. The van der Waals surface area contributed by atoms with Gasteiger partial charge in [-0.3, -0.25) is 0 Å². The topological polar surface area (TPSA) is 40.2 Å². The Labute approximate surface area is 117 Å². The lowest BCUT2D eigenvalue weighted by atomic mass is 9.98. The van der Waals surface area contributed by atoms with Crippen LogP contribution in [-0.4, -0.2) is 0 Å². The number of hydrogen-bond donors (Lipinski definition) is 1. The molecule has 0 atom stereocenters. The molecule has 0 saturated carbocycles. The quantitative estimate of drug-likeness (QED) is 0.461. The first-order valence-corrected chi connectivity index (χ1v) is 5.76. The van der Waals surface area contributed by atoms with Crippen molar-refractivity contribution in [2.24, 2.45) is 0 Å². The zero-order valence-corrected chi connectivity index (χ0v) is 12.0. The van der Waals surface area contributed by atoms with E-state index in [2.05, 4.69) is 37.0 Å². The van der Waals surface area contributed by atoms with E-state index < -0.39 is 0 Å². The average molecular weight is 303 g/mol. The van der Waals surface area contributed by atoms with Crippen molar-refractivity contribution < 1.29 is 22.0 Å². The van der Waals surface area contributed by atoms with E-state index in [1.165, 1.54) is 27.3 Å². The lowest BCUT2D eigenvalue weighted by Crippen LogP contribution is -3.00. The van der Waals surface area contributed by atoms with Crippen LogP contribution in [0.5, 0.6) is 0 Å². The maximum Gasteiger partial charge on any atom is 0.213 e. The summed E-state index contributed by atoms with van der Waals surface area (Å²) in [5.41, 5.74) is 10.4. The van der Waals surface area contributed by atoms with E-state index in [0.29, 0.717) is 0 Å². The number of aryl methyl sites for hydroxylation is 2. The van der Waals surface area contributed by atoms with Gasteiger partial charge >= 0.3 is 0 Å². The van der Waals surface area contributed by atoms with Crippen LogP contribution < -0.4 is 27.7 Å². The summed E-state index contributed by atoms with van der Waals surface area (Å²) in [6.07, 6.45) is 2.05. The fourth-order valence-electron chi connectivity index (χ4n) is 2.37. The number of hydrogen-bond acceptors (Lipinski definition) is 1. The highest BCUT2D eigenvalue weighted by Gasteiger charge is 2.10. The fraction of sp³-hybridized carbons (Fsp3) is 0.133. The van der Waals surface area contributed by atoms with Crippen LogP contribution in [0.3, 0.4) is 0 Å². The van der Waals surface area contributed by atoms with Gasteiger partial charge in [0.05, 0.1) is 5.39 Å². The molecule has 0 spiro atoms. The highest BCUT2D eigenvalue weighted by Crippen LogP contribution is 2.27. The molecule has 18 heavy (non-hydrogen) atoms. The van der Waals surface area contributed by atoms with Crippen molar-refractivity contribution in [3.63, 3.8) is 0 Å². The van der Waals surface area contributed by atoms with Gasteiger partial charge in [-0.1, -0.05) is 6.07 Å². The molecule has 0 aliphatic rings. The van der Waals surface area contributed by atoms with Gasteiger partial charge < -0.3 is 22.7 Å². The zero-order valence-electron chi connectivity index (χ0n) is 10.4. The lowest BCUT2D eigenvalue weighted by Gasteiger charge is -2.06. The number of aromatic nitrogens is 1. The van der Waals surface area contributed by atoms with Crippen LogP contribution in [0.1, 0.15) is 11.1 Å². The number of halogens is 1. The van der Waals surface area contributed by atoms with Crippen LogP contribution in [0.4, 0.5) is 5.69 Å². The smallest absolute Gasteiger partial charge is 0.213 e. The number of benzene rings is 2. The molecule has 1 aromatic heterocycles. The van der Waals surface area contributed by atoms with Crippen molar-refractivity contribution in [1.82, 2.24) is 0 Å². The van der Waals surface area contributed by atoms with Crippen LogP contribution in [0, 0.1) is 13.8 Å². The monoisotopic (exact) mass is 302 g/mol. The van der Waals surface area contributed by atoms with Crippen LogP contribution in [0.15, 0.2) is 36.5 Å². The highest BCUT2D eigenvalue weighted by molar-refractivity contribution is 6.06. The molecule has 0 saturated heterocycles. The second-order valence-corrected chi connectivity index (χ2v) is 4.57. The highest BCUT2D eigenvalue weighted by atomic mass is 79.9. The summed E-state index contributed by atoms with van der Waals surface area (Å²) in [4.78, 5) is 3.30. The summed E-state index contributed by atoms with van der Waals surface area (Å²) in [6.45, 7) is 4.32. The maximum absolute atomic E-state index is 5.82. The van der Waals surface area contributed by atoms with Crippen LogP contribution in [-0.2, 0) is 0 Å². The molecule has 2 aromatic carbocycles. The van der Waals surface area contributed by atoms with Crippen molar-refractivity contribution in [1.29, 1.82) is 0 Å². The molecule has 0 aliphatic carbocycles. The Bertz CT molecular complexity index is 735. The van der Waals surface area contributed by atoms with Gasteiger partial charge in [0.15, 0.2) is 6.20 Å². The molecule has 0 amide bonds. The Morgan fingerprint density at radius 1 is 1.06 bits per heavy atom. The van der Waals surface area contributed by atoms with Crippen molar-refractivity contribution in [3.05, 3.63) is 47.7 Å². The van der Waals surface area contributed by atoms with Gasteiger partial charge in [-0.2, -0.15) is 0 Å². The maximum atomic E-state index is 5.82. The zero-order chi connectivity index (χ0) is 12.0. The first-order chi connectivity index (χ1) is 8.16. The SMILES string of the molecule is Cc1ccc2c[nH+]c3cc(N)ccc3c2c1C.[Br-]. The second kappa shape index (κ2) is 4.58. The predicted molar refractivity (Wildman–Crippen MR) is 71.9 cm³/mol. The Morgan fingerprint density at radius 3 is 2.61 bits per heavy atom. The summed E-state index contributed by atoms with van der Waals surface area (Å²) in [5.74, 6) is 0. The molecule has 0 radical (unpaired) electrons. The van der Waals surface area contributed by atoms with E-state index in [4.69, 9.17) is 5.73 Å². The Hall–Kier alpha value is -1.61. The van der Waals surface area contributed by atoms with Gasteiger partial charge in [0.1, 0.15) is 0 Å². The standard InChI is InChI=1S/C15H14N2.BrH/c1-9-3-4-11-8-17-14-7-12(16)5-6-13(14)15(11)10(9)2;/h3-8H,16H2,1-2H3;1H. The number of nitrogen functional groups attached to an aromatic ring is 1. The normalized spacial score (nSPS) is 10.6. The summed E-state index contributed by atoms with van der Waals surface area (Å²) < 4.78 is 0. The fourth-order valence-corrected chi connectivity index (χ4v) is 2.37. The number of fused-ring (bicyclic) bond motifs is 3. The third kappa shape index (κ3) is 1.85. The van der Waals surface area contributed by atoms with Crippen molar-refractivity contribution in [3.8, 4) is 0 Å². The van der Waals surface area contributed by atoms with E-state index >= 15 is 0 Å². The molecule has 3 N–H and O–H groups in total. The van der Waals surface area contributed by atoms with Gasteiger partial charge in [-0.05, 0) is 43.2 Å². The van der Waals surface area contributed by atoms with E-state index in [1.54, 1.807) is 0 Å². The Kier molecular flexibility index (Phi) is 3.26. The van der Waals surface area contributed by atoms with Crippen molar-refractivity contribution in [2.75, 3.05) is 5.73 Å². The molecule has 0 bridgehead atoms. The molecule has 3 rings (SSSR count). The number of nitrogens with two attached hydrogens (primary N) is 1. The molecule has 0 fully saturated rings. The number of aromatic amines is 1. The molecule has 0 aliphatic heterocycles. The third-order valence-corrected chi connectivity index (χ3v) is 3.46. The molecule has 3 aromatic rings. The summed E-state index contributed by atoms with van der Waals surface area (Å²) in [5, 5.41) is 3.79. The lowest BCUT2D eigenvalue weighted by molar-refractivity contribution is -0.342. The molecule has 2 nitrogen and oxygen atoms in total. The summed E-state index contributed by atoms with van der Waals surface area (Å²) >= 11 is 0. The Morgan fingerprint density at radius 2 is 1.83 bits per heavy atom. The minimum atomic E-state index is 0. The van der Waals surface area contributed by atoms with E-state index in [0.717, 1.165) is 11.2 Å². The number of nitrogens with one attached hydrogen (secondary N) is 1. The largest absolute Gasteiger partial charge is 1.00 e. The molecule has 1 heterocycles. The minimum Gasteiger partial charge on any atom is -1.00 e. The number of H-pyrrole nitrogens is 1. The summed E-state index contributed by atoms with van der Waals surface area (Å²) in [6, 6.07) is 10.3. The van der Waals surface area contributed by atoms with Gasteiger partial charge in [0.25, 0.3) is 0 Å². The van der Waals surface area contributed by atoms with E-state index in [1.807, 2.05) is 18.3 Å². The summed E-state index contributed by atoms with van der Waals surface area (Å²) in [7, 11) is 0. The third-order valence-electron chi connectivity index (χ3n) is 3.46. The first kappa shape index (κ1) is 12.8. The van der Waals surface area contributed by atoms with E-state index in [-0.39, 0.29) is 17.0 Å². The average Bonchev–Trinajstić information content (AvgIpc) is 2.33. The van der Waals surface area contributed by atoms with E-state index in [9.17, 15) is 0 Å². The minimum absolute atomic E-state index is 0. The van der Waals surface area contributed by atoms with Crippen LogP contribution in [0.25, 0.3) is 21.7 Å². The Balaban J connectivity index is 0.00000120. The van der Waals surface area contributed by atoms with Crippen LogP contribution in [0.2, 0.25) is 0 Å². The molecule has 0 unspecified atom stereocenters. The van der Waals surface area contributed by atoms with Crippen molar-refractivity contribution in [2.45, 2.75) is 13.8 Å². The second-order valence-electron chi connectivity index (χ2n) is 4.57. The number of anilines is 1. The van der Waals surface area contributed by atoms with Gasteiger partial charge in [-0.15, -0.1) is 0 Å². The van der Waals surface area contributed by atoms with Crippen LogP contribution >= 0.6 is 0 Å². The van der Waals surface area contributed by atoms with Crippen molar-refractivity contribution >= 4 is 27.4 Å². The van der Waals surface area contributed by atoms with Gasteiger partial charge in [0.2, 0.25) is 5.52 Å². The van der Waals surface area contributed by atoms with Gasteiger partial charge in [0, 0.05) is 22.5 Å². The first-order valence-electron chi connectivity index (χ1n) is 5.76. The predicted octanol–water partition coefficient (Wildman–Crippen LogP) is 0.0101. The number of rotatable bonds is 0. The van der Waals surface area contributed by atoms with Gasteiger partial charge in [-0.25, -0.2) is 4.98 Å². The molecule has 92 valence electrons.